The topological polar surface area (TPSA) is 73.1 Å². The molecule has 33 heavy (non-hydrogen) atoms. The van der Waals surface area contributed by atoms with Crippen molar-refractivity contribution in [1.29, 1.82) is 0 Å². The summed E-state index contributed by atoms with van der Waals surface area (Å²) in [7, 11) is 8.70. The van der Waals surface area contributed by atoms with Gasteiger partial charge in [-0.3, -0.25) is 4.99 Å². The van der Waals surface area contributed by atoms with Crippen LogP contribution in [0.4, 0.5) is 0 Å². The van der Waals surface area contributed by atoms with E-state index in [1.54, 1.807) is 28.4 Å². The molecule has 0 saturated carbocycles. The van der Waals surface area contributed by atoms with Gasteiger partial charge in [-0.25, -0.2) is 4.68 Å². The van der Waals surface area contributed by atoms with Gasteiger partial charge in [0.1, 0.15) is 17.2 Å². The standard InChI is InChI=1S/C24H31N5O3.HI/c1-25-24(26-12-11-21-22(31-4)13-20(30-3)14-23(21)32-5)28(2)16-18-15-27-29(17-18)19-9-7-6-8-10-19;/h6-10,13-15,17H,11-12,16H2,1-5H3,(H,25,26);1H. The third kappa shape index (κ3) is 6.77. The van der Waals surface area contributed by atoms with E-state index in [4.69, 9.17) is 14.2 Å². The van der Waals surface area contributed by atoms with Gasteiger partial charge in [-0.05, 0) is 18.6 Å². The third-order valence-corrected chi connectivity index (χ3v) is 5.13. The maximum Gasteiger partial charge on any atom is 0.193 e. The van der Waals surface area contributed by atoms with Crippen molar-refractivity contribution in [3.8, 4) is 22.9 Å². The molecular weight excluding hydrogens is 533 g/mol. The molecule has 2 aromatic carbocycles. The minimum Gasteiger partial charge on any atom is -0.496 e. The molecule has 0 fully saturated rings. The van der Waals surface area contributed by atoms with E-state index < -0.39 is 0 Å². The van der Waals surface area contributed by atoms with E-state index in [0.717, 1.165) is 34.3 Å². The largest absolute Gasteiger partial charge is 0.496 e. The zero-order chi connectivity index (χ0) is 22.9. The second kappa shape index (κ2) is 12.9. The first-order valence-electron chi connectivity index (χ1n) is 10.4. The van der Waals surface area contributed by atoms with Gasteiger partial charge in [0.25, 0.3) is 0 Å². The molecule has 0 radical (unpaired) electrons. The van der Waals surface area contributed by atoms with E-state index in [-0.39, 0.29) is 24.0 Å². The van der Waals surface area contributed by atoms with E-state index in [1.165, 1.54) is 0 Å². The fourth-order valence-corrected chi connectivity index (χ4v) is 3.52. The first kappa shape index (κ1) is 26.3. The van der Waals surface area contributed by atoms with E-state index >= 15 is 0 Å². The lowest BCUT2D eigenvalue weighted by molar-refractivity contribution is 0.368. The number of aromatic nitrogens is 2. The van der Waals surface area contributed by atoms with Crippen LogP contribution in [0.1, 0.15) is 11.1 Å². The van der Waals surface area contributed by atoms with Crippen molar-refractivity contribution in [3.05, 3.63) is 66.0 Å². The van der Waals surface area contributed by atoms with Crippen molar-refractivity contribution < 1.29 is 14.2 Å². The number of nitrogens with zero attached hydrogens (tertiary/aromatic N) is 4. The van der Waals surface area contributed by atoms with E-state index in [0.29, 0.717) is 25.3 Å². The van der Waals surface area contributed by atoms with Crippen molar-refractivity contribution in [2.45, 2.75) is 13.0 Å². The monoisotopic (exact) mass is 565 g/mol. The highest BCUT2D eigenvalue weighted by atomic mass is 127. The average Bonchev–Trinajstić information content (AvgIpc) is 3.30. The zero-order valence-corrected chi connectivity index (χ0v) is 22.1. The van der Waals surface area contributed by atoms with Gasteiger partial charge in [0, 0.05) is 56.6 Å². The lowest BCUT2D eigenvalue weighted by Crippen LogP contribution is -2.39. The van der Waals surface area contributed by atoms with Crippen LogP contribution < -0.4 is 19.5 Å². The van der Waals surface area contributed by atoms with Gasteiger partial charge in [-0.2, -0.15) is 5.10 Å². The SMILES string of the molecule is CN=C(NCCc1c(OC)cc(OC)cc1OC)N(C)Cc1cnn(-c2ccccc2)c1.I. The van der Waals surface area contributed by atoms with E-state index in [2.05, 4.69) is 20.3 Å². The van der Waals surface area contributed by atoms with Crippen molar-refractivity contribution in [2.24, 2.45) is 4.99 Å². The summed E-state index contributed by atoms with van der Waals surface area (Å²) in [5, 5.41) is 7.88. The molecule has 8 nitrogen and oxygen atoms in total. The Morgan fingerprint density at radius 3 is 2.30 bits per heavy atom. The fourth-order valence-electron chi connectivity index (χ4n) is 3.52. The fraction of sp³-hybridized carbons (Fsp3) is 0.333. The van der Waals surface area contributed by atoms with Crippen molar-refractivity contribution in [3.63, 3.8) is 0 Å². The number of para-hydroxylation sites is 1. The molecule has 3 rings (SSSR count). The van der Waals surface area contributed by atoms with Crippen molar-refractivity contribution in [1.82, 2.24) is 20.0 Å². The van der Waals surface area contributed by atoms with E-state index in [9.17, 15) is 0 Å². The Labute approximate surface area is 212 Å². The number of methoxy groups -OCH3 is 3. The minimum atomic E-state index is 0. The van der Waals surface area contributed by atoms with Gasteiger partial charge in [0.15, 0.2) is 5.96 Å². The quantitative estimate of drug-likeness (QED) is 0.242. The predicted molar refractivity (Wildman–Crippen MR) is 142 cm³/mol. The highest BCUT2D eigenvalue weighted by Gasteiger charge is 2.14. The number of halogens is 1. The molecule has 1 heterocycles. The maximum absolute atomic E-state index is 5.54. The van der Waals surface area contributed by atoms with Gasteiger partial charge in [-0.15, -0.1) is 24.0 Å². The molecule has 0 amide bonds. The molecule has 1 aromatic heterocycles. The second-order valence-electron chi connectivity index (χ2n) is 7.22. The highest BCUT2D eigenvalue weighted by Crippen LogP contribution is 2.34. The summed E-state index contributed by atoms with van der Waals surface area (Å²) in [6, 6.07) is 13.8. The Kier molecular flexibility index (Phi) is 10.3. The van der Waals surface area contributed by atoms with Crippen LogP contribution in [-0.2, 0) is 13.0 Å². The van der Waals surface area contributed by atoms with Crippen LogP contribution in [0.15, 0.2) is 59.9 Å². The number of aliphatic imine (C=N–C) groups is 1. The summed E-state index contributed by atoms with van der Waals surface area (Å²) < 4.78 is 18.3. The smallest absolute Gasteiger partial charge is 0.193 e. The third-order valence-electron chi connectivity index (χ3n) is 5.13. The summed E-state index contributed by atoms with van der Waals surface area (Å²) in [6.45, 7) is 1.35. The Hall–Kier alpha value is -2.95. The molecular formula is C24H32IN5O3. The van der Waals surface area contributed by atoms with Crippen LogP contribution in [0.2, 0.25) is 0 Å². The summed E-state index contributed by atoms with van der Waals surface area (Å²) in [5.74, 6) is 2.96. The van der Waals surface area contributed by atoms with Crippen LogP contribution in [0.25, 0.3) is 5.69 Å². The van der Waals surface area contributed by atoms with Crippen molar-refractivity contribution in [2.75, 3.05) is 42.0 Å². The molecule has 0 atom stereocenters. The highest BCUT2D eigenvalue weighted by molar-refractivity contribution is 14.0. The molecule has 1 N–H and O–H groups in total. The predicted octanol–water partition coefficient (Wildman–Crippen LogP) is 3.77. The van der Waals surface area contributed by atoms with Crippen LogP contribution in [-0.4, -0.2) is 62.6 Å². The molecule has 0 aliphatic carbocycles. The zero-order valence-electron chi connectivity index (χ0n) is 19.7. The number of hydrogen-bond acceptors (Lipinski definition) is 5. The number of hydrogen-bond donors (Lipinski definition) is 1. The molecule has 3 aromatic rings. The van der Waals surface area contributed by atoms with Crippen molar-refractivity contribution >= 4 is 29.9 Å². The summed E-state index contributed by atoms with van der Waals surface area (Å²) in [6.07, 6.45) is 4.62. The molecule has 0 unspecified atom stereocenters. The number of rotatable bonds is 9. The molecule has 0 saturated heterocycles. The minimum absolute atomic E-state index is 0. The van der Waals surface area contributed by atoms with E-state index in [1.807, 2.05) is 66.6 Å². The Balaban J connectivity index is 0.00000385. The Bertz CT molecular complexity index is 1010. The van der Waals surface area contributed by atoms with Gasteiger partial charge in [0.2, 0.25) is 0 Å². The molecule has 0 spiro atoms. The summed E-state index contributed by atoms with van der Waals surface area (Å²) >= 11 is 0. The first-order valence-corrected chi connectivity index (χ1v) is 10.4. The molecule has 9 heteroatoms. The number of benzene rings is 2. The van der Waals surface area contributed by atoms with Crippen LogP contribution >= 0.6 is 24.0 Å². The second-order valence-corrected chi connectivity index (χ2v) is 7.22. The molecule has 178 valence electrons. The lowest BCUT2D eigenvalue weighted by atomic mass is 10.1. The molecule has 0 aliphatic heterocycles. The number of nitrogens with one attached hydrogen (secondary N) is 1. The number of ether oxygens (including phenoxy) is 3. The lowest BCUT2D eigenvalue weighted by Gasteiger charge is -2.22. The van der Waals surface area contributed by atoms with Crippen LogP contribution in [0.5, 0.6) is 17.2 Å². The summed E-state index contributed by atoms with van der Waals surface area (Å²) in [5.41, 5.74) is 3.11. The molecule has 0 bridgehead atoms. The average molecular weight is 565 g/mol. The van der Waals surface area contributed by atoms with Crippen LogP contribution in [0.3, 0.4) is 0 Å². The van der Waals surface area contributed by atoms with Gasteiger partial charge < -0.3 is 24.4 Å². The van der Waals surface area contributed by atoms with Gasteiger partial charge in [-0.1, -0.05) is 18.2 Å². The van der Waals surface area contributed by atoms with Gasteiger partial charge in [0.05, 0.1) is 33.2 Å². The molecule has 0 aliphatic rings. The van der Waals surface area contributed by atoms with Gasteiger partial charge >= 0.3 is 0 Å². The first-order chi connectivity index (χ1) is 15.6. The normalized spacial score (nSPS) is 10.9. The summed E-state index contributed by atoms with van der Waals surface area (Å²) in [4.78, 5) is 6.48. The Morgan fingerprint density at radius 1 is 1.06 bits per heavy atom. The Morgan fingerprint density at radius 2 is 1.73 bits per heavy atom. The van der Waals surface area contributed by atoms with Crippen LogP contribution in [0, 0.1) is 0 Å². The maximum atomic E-state index is 5.54. The number of guanidine groups is 1.